The summed E-state index contributed by atoms with van der Waals surface area (Å²) in [7, 11) is 2.03. The number of nitrogens with one attached hydrogen (secondary N) is 1. The summed E-state index contributed by atoms with van der Waals surface area (Å²) in [6.07, 6.45) is 0. The van der Waals surface area contributed by atoms with Crippen LogP contribution >= 0.6 is 25.3 Å². The number of rotatable bonds is 6. The van der Waals surface area contributed by atoms with Gasteiger partial charge >= 0.3 is 0 Å². The zero-order valence-electron chi connectivity index (χ0n) is 17.9. The lowest BCUT2D eigenvalue weighted by Crippen LogP contribution is -2.47. The van der Waals surface area contributed by atoms with Gasteiger partial charge in [0, 0.05) is 49.6 Å². The average Bonchev–Trinajstić information content (AvgIpc) is 2.73. The predicted molar refractivity (Wildman–Crippen MR) is 133 cm³/mol. The second kappa shape index (κ2) is 9.41. The van der Waals surface area contributed by atoms with Gasteiger partial charge < -0.3 is 4.90 Å². The van der Waals surface area contributed by atoms with Gasteiger partial charge in [0.2, 0.25) is 0 Å². The highest BCUT2D eigenvalue weighted by Gasteiger charge is 2.22. The summed E-state index contributed by atoms with van der Waals surface area (Å²) in [6.45, 7) is 3.37. The van der Waals surface area contributed by atoms with Crippen LogP contribution in [0.15, 0.2) is 53.4 Å². The molecule has 0 radical (unpaired) electrons. The minimum atomic E-state index is -3.95. The SMILES string of the molecule is C[N+](C)(C)c1ccc(S(=O)(=O)NC(=O)c2ccc(N3CCN(C(S)S)CC3)cc2)cc1. The lowest BCUT2D eigenvalue weighted by atomic mass is 10.1. The van der Waals surface area contributed by atoms with Crippen molar-refractivity contribution in [2.24, 2.45) is 0 Å². The number of amides is 1. The molecule has 2 aromatic rings. The maximum Gasteiger partial charge on any atom is 0.264 e. The molecule has 7 nitrogen and oxygen atoms in total. The van der Waals surface area contributed by atoms with Crippen molar-refractivity contribution in [3.8, 4) is 0 Å². The van der Waals surface area contributed by atoms with Gasteiger partial charge in [0.1, 0.15) is 5.69 Å². The summed E-state index contributed by atoms with van der Waals surface area (Å²) in [5.41, 5.74) is 2.24. The van der Waals surface area contributed by atoms with E-state index in [4.69, 9.17) is 0 Å². The van der Waals surface area contributed by atoms with Crippen molar-refractivity contribution in [1.82, 2.24) is 14.1 Å². The Labute approximate surface area is 195 Å². The number of hydrogen-bond donors (Lipinski definition) is 3. The number of anilines is 1. The molecule has 1 saturated heterocycles. The van der Waals surface area contributed by atoms with Crippen LogP contribution in [-0.2, 0) is 10.0 Å². The molecule has 1 aliphatic rings. The Morgan fingerprint density at radius 2 is 1.48 bits per heavy atom. The highest BCUT2D eigenvalue weighted by molar-refractivity contribution is 7.99. The Morgan fingerprint density at radius 3 is 1.97 bits per heavy atom. The van der Waals surface area contributed by atoms with Gasteiger partial charge in [-0.3, -0.25) is 14.2 Å². The summed E-state index contributed by atoms with van der Waals surface area (Å²) in [5.74, 6) is -0.653. The summed E-state index contributed by atoms with van der Waals surface area (Å²) >= 11 is 8.70. The molecule has 0 atom stereocenters. The van der Waals surface area contributed by atoms with Crippen LogP contribution in [0.1, 0.15) is 10.4 Å². The minimum absolute atomic E-state index is 0.0548. The van der Waals surface area contributed by atoms with Gasteiger partial charge in [-0.25, -0.2) is 13.1 Å². The molecule has 0 bridgehead atoms. The van der Waals surface area contributed by atoms with E-state index in [-0.39, 0.29) is 9.60 Å². The van der Waals surface area contributed by atoms with Gasteiger partial charge in [-0.2, -0.15) is 0 Å². The Balaban J connectivity index is 1.65. The van der Waals surface area contributed by atoms with Crippen molar-refractivity contribution >= 4 is 52.6 Å². The topological polar surface area (TPSA) is 69.7 Å². The summed E-state index contributed by atoms with van der Waals surface area (Å²) in [6, 6.07) is 13.5. The van der Waals surface area contributed by atoms with Crippen LogP contribution in [0.2, 0.25) is 0 Å². The van der Waals surface area contributed by atoms with Crippen molar-refractivity contribution < 1.29 is 13.2 Å². The normalized spacial score (nSPS) is 15.9. The van der Waals surface area contributed by atoms with Crippen LogP contribution in [0.3, 0.4) is 0 Å². The van der Waals surface area contributed by atoms with Gasteiger partial charge in [-0.1, -0.05) is 0 Å². The molecule has 1 fully saturated rings. The minimum Gasteiger partial charge on any atom is -0.369 e. The highest BCUT2D eigenvalue weighted by Crippen LogP contribution is 2.21. The van der Waals surface area contributed by atoms with Crippen LogP contribution in [0.25, 0.3) is 0 Å². The first-order chi connectivity index (χ1) is 14.5. The van der Waals surface area contributed by atoms with E-state index in [1.54, 1.807) is 24.3 Å². The molecule has 0 spiro atoms. The number of thiol groups is 2. The molecule has 0 saturated carbocycles. The molecule has 168 valence electrons. The average molecular weight is 482 g/mol. The Kier molecular flexibility index (Phi) is 7.27. The zero-order chi connectivity index (χ0) is 22.8. The monoisotopic (exact) mass is 481 g/mol. The fraction of sp³-hybridized carbons (Fsp3) is 0.381. The van der Waals surface area contributed by atoms with Crippen molar-refractivity contribution in [2.45, 2.75) is 9.60 Å². The molecular formula is C21H29N4O3S3+. The lowest BCUT2D eigenvalue weighted by molar-refractivity contribution is 0.0981. The van der Waals surface area contributed by atoms with Gasteiger partial charge in [0.25, 0.3) is 15.9 Å². The smallest absolute Gasteiger partial charge is 0.264 e. The second-order valence-electron chi connectivity index (χ2n) is 8.36. The van der Waals surface area contributed by atoms with Crippen LogP contribution < -0.4 is 14.1 Å². The molecule has 1 aliphatic heterocycles. The Hall–Kier alpha value is -1.72. The first-order valence-corrected chi connectivity index (χ1v) is 12.4. The van der Waals surface area contributed by atoms with E-state index in [0.29, 0.717) is 10.0 Å². The molecule has 3 rings (SSSR count). The van der Waals surface area contributed by atoms with E-state index in [9.17, 15) is 13.2 Å². The number of benzene rings is 2. The number of quaternary nitrogens is 1. The van der Waals surface area contributed by atoms with Crippen LogP contribution in [0.4, 0.5) is 11.4 Å². The first kappa shape index (κ1) is 23.9. The van der Waals surface area contributed by atoms with Gasteiger partial charge in [-0.05, 0) is 36.4 Å². The van der Waals surface area contributed by atoms with Crippen molar-refractivity contribution in [1.29, 1.82) is 0 Å². The first-order valence-electron chi connectivity index (χ1n) is 9.92. The second-order valence-corrected chi connectivity index (χ2v) is 11.4. The van der Waals surface area contributed by atoms with Crippen LogP contribution in [-0.4, -0.2) is 71.3 Å². The number of nitrogens with zero attached hydrogens (tertiary/aromatic N) is 3. The fourth-order valence-corrected chi connectivity index (χ4v) is 4.78. The number of sulfonamides is 1. The zero-order valence-corrected chi connectivity index (χ0v) is 20.5. The summed E-state index contributed by atoms with van der Waals surface area (Å²) in [4.78, 5) is 17.0. The number of piperazine rings is 1. The molecule has 1 amide bonds. The quantitative estimate of drug-likeness (QED) is 0.336. The van der Waals surface area contributed by atoms with E-state index >= 15 is 0 Å². The lowest BCUT2D eigenvalue weighted by Gasteiger charge is -2.37. The van der Waals surface area contributed by atoms with Crippen LogP contribution in [0.5, 0.6) is 0 Å². The highest BCUT2D eigenvalue weighted by atomic mass is 32.2. The van der Waals surface area contributed by atoms with Gasteiger partial charge in [-0.15, -0.1) is 25.3 Å². The number of carbonyl (C=O) groups is 1. The molecule has 10 heteroatoms. The van der Waals surface area contributed by atoms with E-state index in [1.165, 1.54) is 12.1 Å². The van der Waals surface area contributed by atoms with Gasteiger partial charge in [0.05, 0.1) is 30.7 Å². The van der Waals surface area contributed by atoms with Crippen molar-refractivity contribution in [3.05, 3.63) is 54.1 Å². The predicted octanol–water partition coefficient (Wildman–Crippen LogP) is 2.27. The third kappa shape index (κ3) is 5.95. The standard InChI is InChI=1S/C21H28N4O3S3/c1-25(2,3)18-8-10-19(11-9-18)31(27,28)22-20(26)16-4-6-17(7-5-16)23-12-14-24(15-13-23)21(29)30/h4-11,21H,12-15H2,1-3H3,(H2-,22,26,29,30)/p+1. The summed E-state index contributed by atoms with van der Waals surface area (Å²) in [5, 5.41) is 0. The largest absolute Gasteiger partial charge is 0.369 e. The molecule has 1 N–H and O–H groups in total. The molecule has 0 aliphatic carbocycles. The molecular weight excluding hydrogens is 452 g/mol. The molecule has 1 heterocycles. The maximum absolute atomic E-state index is 12.6. The Morgan fingerprint density at radius 1 is 0.935 bits per heavy atom. The summed E-state index contributed by atoms with van der Waals surface area (Å²) < 4.78 is 27.9. The van der Waals surface area contributed by atoms with E-state index in [2.05, 4.69) is 39.8 Å². The molecule has 0 unspecified atom stereocenters. The molecule has 0 aromatic heterocycles. The maximum atomic E-state index is 12.6. The number of carbonyl (C=O) groups excluding carboxylic acids is 1. The van der Waals surface area contributed by atoms with E-state index in [0.717, 1.165) is 37.6 Å². The fourth-order valence-electron chi connectivity index (χ4n) is 3.35. The third-order valence-electron chi connectivity index (χ3n) is 5.28. The van der Waals surface area contributed by atoms with Gasteiger partial charge in [0.15, 0.2) is 0 Å². The molecule has 2 aromatic carbocycles. The Bertz CT molecular complexity index is 1010. The van der Waals surface area contributed by atoms with E-state index in [1.807, 2.05) is 33.3 Å². The van der Waals surface area contributed by atoms with Crippen molar-refractivity contribution in [2.75, 3.05) is 52.2 Å². The van der Waals surface area contributed by atoms with Crippen molar-refractivity contribution in [3.63, 3.8) is 0 Å². The third-order valence-corrected chi connectivity index (χ3v) is 7.28. The number of hydrogen-bond acceptors (Lipinski definition) is 7. The van der Waals surface area contributed by atoms with Crippen LogP contribution in [0, 0.1) is 0 Å². The van der Waals surface area contributed by atoms with E-state index < -0.39 is 15.9 Å². The molecule has 31 heavy (non-hydrogen) atoms.